The highest BCUT2D eigenvalue weighted by Crippen LogP contribution is 2.27. The van der Waals surface area contributed by atoms with Crippen molar-refractivity contribution in [2.24, 2.45) is 0 Å². The number of hydrogen-bond acceptors (Lipinski definition) is 7. The Balaban J connectivity index is 1.65. The number of aryl methyl sites for hydroxylation is 1. The Bertz CT molecular complexity index is 1060. The summed E-state index contributed by atoms with van der Waals surface area (Å²) in [4.78, 5) is 16.2. The lowest BCUT2D eigenvalue weighted by atomic mass is 10.1. The molecule has 0 radical (unpaired) electrons. The molecule has 0 fully saturated rings. The minimum atomic E-state index is -0.411. The monoisotopic (exact) mass is 451 g/mol. The standard InChI is InChI=1S/C26H29NO6/c1-4-29-18-32-24-17-22(13-11-20(24)12-14-25(28)30-5-2)31-16-15-23-19(3)33-26(27-23)21-9-7-6-8-10-21/h6-14,17H,4-5,15-16,18H2,1-3H3. The van der Waals surface area contributed by atoms with Gasteiger partial charge in [0, 0.05) is 36.3 Å². The Morgan fingerprint density at radius 2 is 1.88 bits per heavy atom. The Morgan fingerprint density at radius 1 is 1.06 bits per heavy atom. The molecule has 0 atom stereocenters. The Kier molecular flexibility index (Phi) is 9.08. The third-order valence-corrected chi connectivity index (χ3v) is 4.69. The van der Waals surface area contributed by atoms with Crippen LogP contribution in [0.4, 0.5) is 0 Å². The summed E-state index contributed by atoms with van der Waals surface area (Å²) in [6.07, 6.45) is 3.61. The molecule has 0 aliphatic rings. The largest absolute Gasteiger partial charge is 0.493 e. The zero-order valence-electron chi connectivity index (χ0n) is 19.2. The van der Waals surface area contributed by atoms with E-state index in [1.807, 2.05) is 56.3 Å². The highest BCUT2D eigenvalue weighted by molar-refractivity contribution is 5.87. The fourth-order valence-corrected chi connectivity index (χ4v) is 3.03. The van der Waals surface area contributed by atoms with Gasteiger partial charge < -0.3 is 23.4 Å². The molecule has 1 aromatic heterocycles. The van der Waals surface area contributed by atoms with Crippen LogP contribution in [0.25, 0.3) is 17.5 Å². The quantitative estimate of drug-likeness (QED) is 0.162. The second-order valence-electron chi connectivity index (χ2n) is 7.03. The molecule has 3 rings (SSSR count). The third-order valence-electron chi connectivity index (χ3n) is 4.69. The SMILES string of the molecule is CCOCOc1cc(OCCc2nc(-c3ccccc3)oc2C)ccc1C=CC(=O)OCC. The Morgan fingerprint density at radius 3 is 2.64 bits per heavy atom. The molecule has 0 unspecified atom stereocenters. The number of benzene rings is 2. The van der Waals surface area contributed by atoms with Gasteiger partial charge in [-0.25, -0.2) is 9.78 Å². The Labute approximate surface area is 194 Å². The van der Waals surface area contributed by atoms with Gasteiger partial charge >= 0.3 is 5.97 Å². The van der Waals surface area contributed by atoms with Gasteiger partial charge in [-0.2, -0.15) is 0 Å². The number of rotatable bonds is 12. The number of carbonyl (C=O) groups is 1. The number of ether oxygens (including phenoxy) is 4. The van der Waals surface area contributed by atoms with Gasteiger partial charge in [0.05, 0.1) is 18.9 Å². The van der Waals surface area contributed by atoms with Crippen molar-refractivity contribution in [1.82, 2.24) is 4.98 Å². The molecule has 3 aromatic rings. The fraction of sp³-hybridized carbons (Fsp3) is 0.308. The zero-order valence-corrected chi connectivity index (χ0v) is 19.2. The third kappa shape index (κ3) is 7.22. The minimum Gasteiger partial charge on any atom is -0.493 e. The van der Waals surface area contributed by atoms with Crippen LogP contribution in [0, 0.1) is 6.92 Å². The van der Waals surface area contributed by atoms with E-state index >= 15 is 0 Å². The minimum absolute atomic E-state index is 0.0978. The van der Waals surface area contributed by atoms with E-state index in [1.165, 1.54) is 6.08 Å². The van der Waals surface area contributed by atoms with Crippen LogP contribution in [0.15, 0.2) is 59.0 Å². The molecule has 1 heterocycles. The highest BCUT2D eigenvalue weighted by atomic mass is 16.7. The first-order valence-corrected chi connectivity index (χ1v) is 10.9. The number of hydrogen-bond donors (Lipinski definition) is 0. The number of oxazole rings is 1. The van der Waals surface area contributed by atoms with E-state index in [9.17, 15) is 4.79 Å². The molecule has 0 saturated carbocycles. The first kappa shape index (κ1) is 24.1. The van der Waals surface area contributed by atoms with Gasteiger partial charge in [0.25, 0.3) is 0 Å². The van der Waals surface area contributed by atoms with E-state index in [2.05, 4.69) is 4.98 Å². The van der Waals surface area contributed by atoms with Crippen molar-refractivity contribution in [3.63, 3.8) is 0 Å². The summed E-state index contributed by atoms with van der Waals surface area (Å²) in [7, 11) is 0. The van der Waals surface area contributed by atoms with E-state index < -0.39 is 5.97 Å². The summed E-state index contributed by atoms with van der Waals surface area (Å²) in [5, 5.41) is 0. The molecule has 2 aromatic carbocycles. The molecule has 0 aliphatic heterocycles. The number of aromatic nitrogens is 1. The summed E-state index contributed by atoms with van der Waals surface area (Å²) in [5.74, 6) is 2.15. The van der Waals surface area contributed by atoms with Crippen molar-refractivity contribution in [3.05, 3.63) is 71.6 Å². The molecule has 174 valence electrons. The van der Waals surface area contributed by atoms with Crippen LogP contribution in [-0.2, 0) is 20.7 Å². The van der Waals surface area contributed by atoms with Gasteiger partial charge in [-0.3, -0.25) is 0 Å². The van der Waals surface area contributed by atoms with Crippen LogP contribution >= 0.6 is 0 Å². The first-order valence-electron chi connectivity index (χ1n) is 10.9. The van der Waals surface area contributed by atoms with Gasteiger partial charge in [-0.1, -0.05) is 18.2 Å². The van der Waals surface area contributed by atoms with E-state index in [4.69, 9.17) is 23.4 Å². The first-order chi connectivity index (χ1) is 16.1. The van der Waals surface area contributed by atoms with Crippen molar-refractivity contribution >= 4 is 12.0 Å². The summed E-state index contributed by atoms with van der Waals surface area (Å²) in [5.41, 5.74) is 2.51. The van der Waals surface area contributed by atoms with Crippen molar-refractivity contribution in [2.75, 3.05) is 26.6 Å². The maximum Gasteiger partial charge on any atom is 0.330 e. The molecule has 0 saturated heterocycles. The summed E-state index contributed by atoms with van der Waals surface area (Å²) < 4.78 is 27.7. The average Bonchev–Trinajstić information content (AvgIpc) is 3.20. The zero-order chi connectivity index (χ0) is 23.5. The number of carbonyl (C=O) groups excluding carboxylic acids is 1. The Hall–Kier alpha value is -3.58. The molecule has 33 heavy (non-hydrogen) atoms. The molecule has 0 amide bonds. The lowest BCUT2D eigenvalue weighted by Crippen LogP contribution is -2.05. The van der Waals surface area contributed by atoms with Gasteiger partial charge in [-0.15, -0.1) is 0 Å². The van der Waals surface area contributed by atoms with Crippen LogP contribution in [-0.4, -0.2) is 37.6 Å². The van der Waals surface area contributed by atoms with Crippen molar-refractivity contribution in [2.45, 2.75) is 27.2 Å². The van der Waals surface area contributed by atoms with Gasteiger partial charge in [0.15, 0.2) is 6.79 Å². The van der Waals surface area contributed by atoms with Crippen molar-refractivity contribution < 1.29 is 28.2 Å². The fourth-order valence-electron chi connectivity index (χ4n) is 3.03. The van der Waals surface area contributed by atoms with Crippen LogP contribution in [0.2, 0.25) is 0 Å². The molecule has 0 spiro atoms. The topological polar surface area (TPSA) is 80.0 Å². The van der Waals surface area contributed by atoms with E-state index in [0.717, 1.165) is 22.6 Å². The predicted octanol–water partition coefficient (Wildman–Crippen LogP) is 5.22. The molecular weight excluding hydrogens is 422 g/mol. The summed E-state index contributed by atoms with van der Waals surface area (Å²) in [6, 6.07) is 15.2. The number of esters is 1. The highest BCUT2D eigenvalue weighted by Gasteiger charge is 2.12. The summed E-state index contributed by atoms with van der Waals surface area (Å²) in [6.45, 7) is 6.93. The van der Waals surface area contributed by atoms with Gasteiger partial charge in [0.2, 0.25) is 5.89 Å². The van der Waals surface area contributed by atoms with Crippen molar-refractivity contribution in [1.29, 1.82) is 0 Å². The lowest BCUT2D eigenvalue weighted by Gasteiger charge is -2.12. The van der Waals surface area contributed by atoms with Crippen LogP contribution in [0.3, 0.4) is 0 Å². The van der Waals surface area contributed by atoms with E-state index in [-0.39, 0.29) is 6.79 Å². The maximum atomic E-state index is 11.6. The maximum absolute atomic E-state index is 11.6. The average molecular weight is 452 g/mol. The number of nitrogens with zero attached hydrogens (tertiary/aromatic N) is 1. The van der Waals surface area contributed by atoms with Crippen LogP contribution in [0.1, 0.15) is 30.9 Å². The molecule has 7 nitrogen and oxygen atoms in total. The smallest absolute Gasteiger partial charge is 0.330 e. The molecule has 0 N–H and O–H groups in total. The van der Waals surface area contributed by atoms with Crippen LogP contribution < -0.4 is 9.47 Å². The molecule has 0 aliphatic carbocycles. The van der Waals surface area contributed by atoms with Gasteiger partial charge in [-0.05, 0) is 51.1 Å². The molecule has 7 heteroatoms. The molecular formula is C26H29NO6. The van der Waals surface area contributed by atoms with Gasteiger partial charge in [0.1, 0.15) is 17.3 Å². The molecule has 0 bridgehead atoms. The normalized spacial score (nSPS) is 11.0. The lowest BCUT2D eigenvalue weighted by molar-refractivity contribution is -0.137. The predicted molar refractivity (Wildman–Crippen MR) is 125 cm³/mol. The second kappa shape index (κ2) is 12.5. The van der Waals surface area contributed by atoms with Crippen LogP contribution in [0.5, 0.6) is 11.5 Å². The summed E-state index contributed by atoms with van der Waals surface area (Å²) >= 11 is 0. The van der Waals surface area contributed by atoms with E-state index in [0.29, 0.717) is 43.6 Å². The van der Waals surface area contributed by atoms with E-state index in [1.54, 1.807) is 19.1 Å². The van der Waals surface area contributed by atoms with Crippen molar-refractivity contribution in [3.8, 4) is 23.0 Å². The second-order valence-corrected chi connectivity index (χ2v) is 7.03.